The molecule has 0 unspecified atom stereocenters. The molecule has 0 aliphatic heterocycles. The number of aromatic nitrogens is 3. The number of nitrogens with zero attached hydrogens (tertiary/aromatic N) is 3. The van der Waals surface area contributed by atoms with Gasteiger partial charge in [0.05, 0.1) is 6.54 Å². The molecule has 0 aliphatic carbocycles. The lowest BCUT2D eigenvalue weighted by atomic mass is 10.3. The van der Waals surface area contributed by atoms with E-state index in [2.05, 4.69) is 44.8 Å². The van der Waals surface area contributed by atoms with Crippen molar-refractivity contribution >= 4 is 0 Å². The first-order valence-electron chi connectivity index (χ1n) is 6.11. The zero-order valence-corrected chi connectivity index (χ0v) is 10.6. The molecule has 0 aliphatic rings. The smallest absolute Gasteiger partial charge is 0.128 e. The first kappa shape index (κ1) is 11.9. The SMILES string of the molecule is CCCNCc1ccn(Cc2nccn2C)c1. The molecular formula is C13H20N4. The zero-order chi connectivity index (χ0) is 12.1. The predicted octanol–water partition coefficient (Wildman–Crippen LogP) is 1.77. The maximum absolute atomic E-state index is 4.32. The van der Waals surface area contributed by atoms with Gasteiger partial charge in [-0.2, -0.15) is 0 Å². The fourth-order valence-corrected chi connectivity index (χ4v) is 1.82. The van der Waals surface area contributed by atoms with Crippen LogP contribution >= 0.6 is 0 Å². The van der Waals surface area contributed by atoms with E-state index in [1.54, 1.807) is 0 Å². The highest BCUT2D eigenvalue weighted by molar-refractivity contribution is 5.11. The molecule has 0 bridgehead atoms. The highest BCUT2D eigenvalue weighted by Crippen LogP contribution is 2.04. The molecule has 0 atom stereocenters. The van der Waals surface area contributed by atoms with Crippen LogP contribution in [-0.4, -0.2) is 20.7 Å². The van der Waals surface area contributed by atoms with E-state index in [9.17, 15) is 0 Å². The van der Waals surface area contributed by atoms with E-state index in [0.717, 1.165) is 25.5 Å². The quantitative estimate of drug-likeness (QED) is 0.770. The van der Waals surface area contributed by atoms with Crippen molar-refractivity contribution in [3.63, 3.8) is 0 Å². The molecule has 4 nitrogen and oxygen atoms in total. The van der Waals surface area contributed by atoms with Crippen molar-refractivity contribution in [2.24, 2.45) is 7.05 Å². The van der Waals surface area contributed by atoms with E-state index < -0.39 is 0 Å². The van der Waals surface area contributed by atoms with Crippen molar-refractivity contribution in [1.29, 1.82) is 0 Å². The molecule has 2 heterocycles. The van der Waals surface area contributed by atoms with Crippen LogP contribution < -0.4 is 5.32 Å². The minimum absolute atomic E-state index is 0.831. The van der Waals surface area contributed by atoms with E-state index in [1.165, 1.54) is 12.0 Å². The van der Waals surface area contributed by atoms with Gasteiger partial charge in [0.2, 0.25) is 0 Å². The van der Waals surface area contributed by atoms with Crippen molar-refractivity contribution in [2.75, 3.05) is 6.54 Å². The number of nitrogens with one attached hydrogen (secondary N) is 1. The minimum atomic E-state index is 0.831. The van der Waals surface area contributed by atoms with Crippen LogP contribution in [0.2, 0.25) is 0 Å². The predicted molar refractivity (Wildman–Crippen MR) is 68.7 cm³/mol. The highest BCUT2D eigenvalue weighted by Gasteiger charge is 2.01. The molecule has 4 heteroatoms. The first-order chi connectivity index (χ1) is 8.29. The molecule has 0 spiro atoms. The van der Waals surface area contributed by atoms with Crippen LogP contribution in [-0.2, 0) is 20.1 Å². The third kappa shape index (κ3) is 3.20. The van der Waals surface area contributed by atoms with Crippen LogP contribution in [0.15, 0.2) is 30.9 Å². The molecule has 0 aromatic carbocycles. The summed E-state index contributed by atoms with van der Waals surface area (Å²) in [6.45, 7) is 5.03. The van der Waals surface area contributed by atoms with Gasteiger partial charge in [-0.15, -0.1) is 0 Å². The van der Waals surface area contributed by atoms with Gasteiger partial charge in [-0.3, -0.25) is 0 Å². The van der Waals surface area contributed by atoms with Crippen molar-refractivity contribution < 1.29 is 0 Å². The summed E-state index contributed by atoms with van der Waals surface area (Å²) in [4.78, 5) is 4.32. The van der Waals surface area contributed by atoms with Gasteiger partial charge in [-0.1, -0.05) is 6.92 Å². The molecular weight excluding hydrogens is 212 g/mol. The summed E-state index contributed by atoms with van der Waals surface area (Å²) >= 11 is 0. The molecule has 1 N–H and O–H groups in total. The van der Waals surface area contributed by atoms with E-state index in [4.69, 9.17) is 0 Å². The van der Waals surface area contributed by atoms with E-state index in [-0.39, 0.29) is 0 Å². The molecule has 2 rings (SSSR count). The summed E-state index contributed by atoms with van der Waals surface area (Å²) in [5.41, 5.74) is 1.33. The van der Waals surface area contributed by atoms with Gasteiger partial charge < -0.3 is 14.5 Å². The van der Waals surface area contributed by atoms with Gasteiger partial charge >= 0.3 is 0 Å². The molecule has 17 heavy (non-hydrogen) atoms. The van der Waals surface area contributed by atoms with Gasteiger partial charge in [0.15, 0.2) is 0 Å². The Hall–Kier alpha value is -1.55. The molecule has 92 valence electrons. The Bertz CT molecular complexity index is 455. The van der Waals surface area contributed by atoms with Crippen molar-refractivity contribution in [2.45, 2.75) is 26.4 Å². The van der Waals surface area contributed by atoms with E-state index >= 15 is 0 Å². The third-order valence-corrected chi connectivity index (χ3v) is 2.81. The zero-order valence-electron chi connectivity index (χ0n) is 10.6. The van der Waals surface area contributed by atoms with E-state index in [0.29, 0.717) is 0 Å². The van der Waals surface area contributed by atoms with Crippen molar-refractivity contribution in [1.82, 2.24) is 19.4 Å². The van der Waals surface area contributed by atoms with Gasteiger partial charge in [0, 0.05) is 38.4 Å². The highest BCUT2D eigenvalue weighted by atomic mass is 15.1. The summed E-state index contributed by atoms with van der Waals surface area (Å²) in [7, 11) is 2.02. The fourth-order valence-electron chi connectivity index (χ4n) is 1.82. The third-order valence-electron chi connectivity index (χ3n) is 2.81. The lowest BCUT2D eigenvalue weighted by Crippen LogP contribution is -2.13. The van der Waals surface area contributed by atoms with Crippen LogP contribution in [0.1, 0.15) is 24.7 Å². The van der Waals surface area contributed by atoms with Crippen LogP contribution in [0.3, 0.4) is 0 Å². The Morgan fingerprint density at radius 3 is 2.94 bits per heavy atom. The number of aryl methyl sites for hydroxylation is 1. The summed E-state index contributed by atoms with van der Waals surface area (Å²) in [5, 5.41) is 3.40. The molecule has 0 radical (unpaired) electrons. The second-order valence-electron chi connectivity index (χ2n) is 4.32. The summed E-state index contributed by atoms with van der Waals surface area (Å²) in [5.74, 6) is 1.08. The van der Waals surface area contributed by atoms with Crippen LogP contribution in [0.25, 0.3) is 0 Å². The average molecular weight is 232 g/mol. The van der Waals surface area contributed by atoms with Gasteiger partial charge in [-0.05, 0) is 24.6 Å². The van der Waals surface area contributed by atoms with Crippen LogP contribution in [0.4, 0.5) is 0 Å². The average Bonchev–Trinajstić information content (AvgIpc) is 2.91. The standard InChI is InChI=1S/C13H20N4/c1-3-5-14-9-12-4-7-17(10-12)11-13-15-6-8-16(13)2/h4,6-8,10,14H,3,5,9,11H2,1-2H3. The molecule has 0 amide bonds. The Balaban J connectivity index is 1.92. The number of imidazole rings is 1. The van der Waals surface area contributed by atoms with Crippen LogP contribution in [0, 0.1) is 0 Å². The molecule has 2 aromatic rings. The van der Waals surface area contributed by atoms with Gasteiger partial charge in [-0.25, -0.2) is 4.98 Å². The molecule has 0 saturated heterocycles. The van der Waals surface area contributed by atoms with Crippen molar-refractivity contribution in [3.05, 3.63) is 42.2 Å². The maximum Gasteiger partial charge on any atom is 0.128 e. The fraction of sp³-hybridized carbons (Fsp3) is 0.462. The number of rotatable bonds is 6. The summed E-state index contributed by atoms with van der Waals surface area (Å²) in [6.07, 6.45) is 9.27. The normalized spacial score (nSPS) is 10.9. The Kier molecular flexibility index (Phi) is 3.98. The number of hydrogen-bond acceptors (Lipinski definition) is 2. The molecule has 2 aromatic heterocycles. The van der Waals surface area contributed by atoms with Gasteiger partial charge in [0.25, 0.3) is 0 Å². The maximum atomic E-state index is 4.32. The lowest BCUT2D eigenvalue weighted by Gasteiger charge is -2.03. The Labute approximate surface area is 102 Å². The first-order valence-corrected chi connectivity index (χ1v) is 6.11. The second-order valence-corrected chi connectivity index (χ2v) is 4.32. The summed E-state index contributed by atoms with van der Waals surface area (Å²) in [6, 6.07) is 2.16. The lowest BCUT2D eigenvalue weighted by molar-refractivity contribution is 0.668. The second kappa shape index (κ2) is 5.68. The Morgan fingerprint density at radius 2 is 2.24 bits per heavy atom. The molecule has 0 saturated carbocycles. The monoisotopic (exact) mass is 232 g/mol. The largest absolute Gasteiger partial charge is 0.346 e. The number of hydrogen-bond donors (Lipinski definition) is 1. The van der Waals surface area contributed by atoms with Gasteiger partial charge in [0.1, 0.15) is 5.82 Å². The van der Waals surface area contributed by atoms with E-state index in [1.807, 2.05) is 19.4 Å². The van der Waals surface area contributed by atoms with Crippen LogP contribution in [0.5, 0.6) is 0 Å². The Morgan fingerprint density at radius 1 is 1.35 bits per heavy atom. The topological polar surface area (TPSA) is 34.8 Å². The molecule has 0 fully saturated rings. The minimum Gasteiger partial charge on any atom is -0.346 e. The summed E-state index contributed by atoms with van der Waals surface area (Å²) < 4.78 is 4.22. The van der Waals surface area contributed by atoms with Crippen molar-refractivity contribution in [3.8, 4) is 0 Å².